The van der Waals surface area contributed by atoms with Crippen LogP contribution in [-0.2, 0) is 26.6 Å². The molecule has 2 aromatic carbocycles. The number of thiophene rings is 1. The van der Waals surface area contributed by atoms with Gasteiger partial charge in [-0.3, -0.25) is 13.9 Å². The van der Waals surface area contributed by atoms with Gasteiger partial charge in [0, 0.05) is 34.1 Å². The molecule has 0 radical (unpaired) electrons. The number of halogens is 1. The summed E-state index contributed by atoms with van der Waals surface area (Å²) >= 11 is 1.09. The Morgan fingerprint density at radius 1 is 1.06 bits per heavy atom. The van der Waals surface area contributed by atoms with Crippen LogP contribution in [0, 0.1) is 12.7 Å². The fourth-order valence-corrected chi connectivity index (χ4v) is 6.90. The van der Waals surface area contributed by atoms with E-state index in [0.29, 0.717) is 26.9 Å². The lowest BCUT2D eigenvalue weighted by atomic mass is 10.0. The summed E-state index contributed by atoms with van der Waals surface area (Å²) in [6.07, 6.45) is 4.93. The summed E-state index contributed by atoms with van der Waals surface area (Å²) < 4.78 is 55.4. The Balaban J connectivity index is 1.75. The molecule has 2 heterocycles. The topological polar surface area (TPSA) is 76.1 Å². The number of hydrogen-bond donors (Lipinski definition) is 1. The molecule has 0 bridgehead atoms. The first-order valence-corrected chi connectivity index (χ1v) is 13.3. The summed E-state index contributed by atoms with van der Waals surface area (Å²) in [5.74, 6) is -0.211. The van der Waals surface area contributed by atoms with Crippen molar-refractivity contribution in [1.82, 2.24) is 4.98 Å². The van der Waals surface area contributed by atoms with Gasteiger partial charge in [0.15, 0.2) is 0 Å². The second-order valence-corrected chi connectivity index (χ2v) is 11.5. The average molecular weight is 475 g/mol. The highest BCUT2D eigenvalue weighted by molar-refractivity contribution is 7.95. The van der Waals surface area contributed by atoms with Crippen LogP contribution in [0.25, 0.3) is 21.2 Å². The Kier molecular flexibility index (Phi) is 5.92. The minimum absolute atomic E-state index is 0.134. The number of rotatable bonds is 6. The minimum atomic E-state index is -3.92. The van der Waals surface area contributed by atoms with Crippen molar-refractivity contribution in [3.8, 4) is 11.1 Å². The lowest BCUT2D eigenvalue weighted by Gasteiger charge is -2.14. The molecule has 160 valence electrons. The van der Waals surface area contributed by atoms with Crippen molar-refractivity contribution >= 4 is 47.9 Å². The number of sulfonamides is 1. The Morgan fingerprint density at radius 3 is 2.52 bits per heavy atom. The van der Waals surface area contributed by atoms with Gasteiger partial charge in [0.05, 0.1) is 11.4 Å². The molecule has 0 amide bonds. The number of aryl methyl sites for hydroxylation is 1. The third kappa shape index (κ3) is 4.53. The molecule has 0 spiro atoms. The van der Waals surface area contributed by atoms with E-state index < -0.39 is 26.6 Å². The van der Waals surface area contributed by atoms with Gasteiger partial charge >= 0.3 is 0 Å². The number of nitrogens with zero attached hydrogens (tertiary/aromatic N) is 1. The number of benzene rings is 2. The first kappa shape index (κ1) is 21.6. The number of nitrogens with one attached hydrogen (secondary N) is 1. The molecule has 1 atom stereocenters. The minimum Gasteiger partial charge on any atom is -0.279 e. The molecule has 0 aliphatic carbocycles. The van der Waals surface area contributed by atoms with Crippen molar-refractivity contribution in [2.24, 2.45) is 0 Å². The predicted molar refractivity (Wildman–Crippen MR) is 125 cm³/mol. The maximum Gasteiger partial charge on any atom is 0.271 e. The van der Waals surface area contributed by atoms with Crippen LogP contribution in [0.3, 0.4) is 0 Å². The second kappa shape index (κ2) is 8.49. The zero-order valence-corrected chi connectivity index (χ0v) is 19.2. The molecule has 2 aromatic heterocycles. The summed E-state index contributed by atoms with van der Waals surface area (Å²) in [5, 5.41) is 0.577. The number of hydrogen-bond acceptors (Lipinski definition) is 5. The lowest BCUT2D eigenvalue weighted by Crippen LogP contribution is -2.14. The Morgan fingerprint density at radius 2 is 1.81 bits per heavy atom. The van der Waals surface area contributed by atoms with Gasteiger partial charge < -0.3 is 0 Å². The van der Waals surface area contributed by atoms with Crippen LogP contribution in [0.4, 0.5) is 10.1 Å². The molecule has 1 unspecified atom stereocenters. The molecule has 31 heavy (non-hydrogen) atoms. The smallest absolute Gasteiger partial charge is 0.271 e. The molecule has 0 aliphatic rings. The largest absolute Gasteiger partial charge is 0.279 e. The lowest BCUT2D eigenvalue weighted by molar-refractivity contribution is 0.602. The van der Waals surface area contributed by atoms with Crippen LogP contribution >= 0.6 is 11.3 Å². The normalized spacial score (nSPS) is 12.7. The Hall–Kier alpha value is -2.62. The van der Waals surface area contributed by atoms with E-state index in [4.69, 9.17) is 0 Å². The molecule has 0 fully saturated rings. The quantitative estimate of drug-likeness (QED) is 0.422. The third-order valence-corrected chi connectivity index (χ3v) is 8.80. The van der Waals surface area contributed by atoms with Gasteiger partial charge in [0.1, 0.15) is 10.0 Å². The van der Waals surface area contributed by atoms with E-state index in [9.17, 15) is 17.0 Å². The Bertz CT molecular complexity index is 1400. The van der Waals surface area contributed by atoms with Crippen molar-refractivity contribution < 1.29 is 17.0 Å². The van der Waals surface area contributed by atoms with E-state index in [-0.39, 0.29) is 9.96 Å². The first-order chi connectivity index (χ1) is 14.7. The highest BCUT2D eigenvalue weighted by Gasteiger charge is 2.23. The first-order valence-electron chi connectivity index (χ1n) is 9.29. The van der Waals surface area contributed by atoms with Crippen LogP contribution in [0.5, 0.6) is 0 Å². The fraction of sp³-hybridized carbons (Fsp3) is 0.136. The van der Waals surface area contributed by atoms with Crippen LogP contribution in [0.1, 0.15) is 11.1 Å². The SMILES string of the molecule is Cc1c(S(=O)(=O)Nc2ccc(-c3ccncc3)cc2CS(C)=O)sc2ccc(F)cc12. The highest BCUT2D eigenvalue weighted by Crippen LogP contribution is 2.36. The van der Waals surface area contributed by atoms with E-state index in [0.717, 1.165) is 22.5 Å². The van der Waals surface area contributed by atoms with Gasteiger partial charge in [0.2, 0.25) is 0 Å². The molecule has 0 saturated heterocycles. The van der Waals surface area contributed by atoms with Crippen molar-refractivity contribution in [3.63, 3.8) is 0 Å². The summed E-state index contributed by atoms with van der Waals surface area (Å²) in [4.78, 5) is 4.01. The standard InChI is InChI=1S/C22H19FN2O3S3/c1-14-19-12-18(23)4-6-21(19)29-22(14)31(27,28)25-20-5-3-16(11-17(20)13-30(2)26)15-7-9-24-10-8-15/h3-12,25H,13H2,1-2H3. The van der Waals surface area contributed by atoms with Gasteiger partial charge in [-0.25, -0.2) is 12.8 Å². The van der Waals surface area contributed by atoms with E-state index >= 15 is 0 Å². The van der Waals surface area contributed by atoms with Crippen molar-refractivity contribution in [1.29, 1.82) is 0 Å². The zero-order chi connectivity index (χ0) is 22.2. The van der Waals surface area contributed by atoms with Crippen molar-refractivity contribution in [3.05, 3.63) is 77.9 Å². The molecular weight excluding hydrogens is 455 g/mol. The molecular formula is C22H19FN2O3S3. The summed E-state index contributed by atoms with van der Waals surface area (Å²) in [7, 11) is -5.09. The molecule has 0 aliphatic heterocycles. The molecule has 4 aromatic rings. The summed E-state index contributed by atoms with van der Waals surface area (Å²) in [5.41, 5.74) is 3.30. The average Bonchev–Trinajstić information content (AvgIpc) is 3.06. The van der Waals surface area contributed by atoms with Gasteiger partial charge in [-0.1, -0.05) is 6.07 Å². The maximum atomic E-state index is 13.6. The number of anilines is 1. The number of aromatic nitrogens is 1. The van der Waals surface area contributed by atoms with Crippen molar-refractivity contribution in [2.45, 2.75) is 16.9 Å². The zero-order valence-electron chi connectivity index (χ0n) is 16.8. The van der Waals surface area contributed by atoms with Crippen molar-refractivity contribution in [2.75, 3.05) is 11.0 Å². The van der Waals surface area contributed by atoms with Crippen LogP contribution in [-0.4, -0.2) is 23.9 Å². The second-order valence-electron chi connectivity index (χ2n) is 7.09. The van der Waals surface area contributed by atoms with Crippen LogP contribution < -0.4 is 4.72 Å². The van der Waals surface area contributed by atoms with Crippen LogP contribution in [0.2, 0.25) is 0 Å². The monoisotopic (exact) mass is 474 g/mol. The molecule has 1 N–H and O–H groups in total. The molecule has 9 heteroatoms. The third-order valence-electron chi connectivity index (χ3n) is 4.82. The highest BCUT2D eigenvalue weighted by atomic mass is 32.2. The molecule has 5 nitrogen and oxygen atoms in total. The van der Waals surface area contributed by atoms with Gasteiger partial charge in [-0.05, 0) is 77.0 Å². The van der Waals surface area contributed by atoms with Crippen LogP contribution in [0.15, 0.2) is 65.1 Å². The summed E-state index contributed by atoms with van der Waals surface area (Å²) in [6, 6.07) is 13.3. The van der Waals surface area contributed by atoms with E-state index in [1.54, 1.807) is 37.7 Å². The van der Waals surface area contributed by atoms with E-state index in [2.05, 4.69) is 9.71 Å². The van der Waals surface area contributed by atoms with E-state index in [1.807, 2.05) is 24.3 Å². The fourth-order valence-electron chi connectivity index (χ4n) is 3.37. The maximum absolute atomic E-state index is 13.6. The van der Waals surface area contributed by atoms with Gasteiger partial charge in [-0.2, -0.15) is 0 Å². The van der Waals surface area contributed by atoms with E-state index in [1.165, 1.54) is 12.1 Å². The predicted octanol–water partition coefficient (Wildman–Crippen LogP) is 5.09. The van der Waals surface area contributed by atoms with Gasteiger partial charge in [-0.15, -0.1) is 11.3 Å². The number of fused-ring (bicyclic) bond motifs is 1. The number of pyridine rings is 1. The molecule has 4 rings (SSSR count). The molecule has 0 saturated carbocycles. The summed E-state index contributed by atoms with van der Waals surface area (Å²) in [6.45, 7) is 1.67. The van der Waals surface area contributed by atoms with Gasteiger partial charge in [0.25, 0.3) is 10.0 Å². The Labute approximate surface area is 186 Å².